The number of fused-ring (bicyclic) bond motifs is 1. The largest absolute Gasteiger partial charge is 0.481 e. The van der Waals surface area contributed by atoms with Crippen molar-refractivity contribution >= 4 is 28.6 Å². The van der Waals surface area contributed by atoms with E-state index < -0.39 is 43.1 Å². The molecule has 1 aromatic carbocycles. The Kier molecular flexibility index (Phi) is 4.29. The first-order valence-electron chi connectivity index (χ1n) is 7.86. The highest BCUT2D eigenvalue weighted by Crippen LogP contribution is 2.38. The number of urea groups is 1. The van der Waals surface area contributed by atoms with E-state index in [1.807, 2.05) is 6.92 Å². The Hall–Kier alpha value is -2.78. The van der Waals surface area contributed by atoms with Crippen LogP contribution in [0.5, 0.6) is 0 Å². The second kappa shape index (κ2) is 6.19. The number of halogens is 3. The number of aromatic nitrogens is 2. The number of nitrogens with one attached hydrogen (secondary N) is 1. The minimum Gasteiger partial charge on any atom is -0.481 e. The van der Waals surface area contributed by atoms with E-state index in [9.17, 15) is 22.8 Å². The molecule has 2 amide bonds. The maximum absolute atomic E-state index is 13.0. The molecule has 10 heteroatoms. The number of amides is 2. The van der Waals surface area contributed by atoms with Gasteiger partial charge in [-0.25, -0.2) is 4.79 Å². The van der Waals surface area contributed by atoms with Gasteiger partial charge in [-0.2, -0.15) is 18.3 Å². The quantitative estimate of drug-likeness (QED) is 0.851. The summed E-state index contributed by atoms with van der Waals surface area (Å²) in [4.78, 5) is 24.3. The van der Waals surface area contributed by atoms with Gasteiger partial charge >= 0.3 is 18.2 Å². The van der Waals surface area contributed by atoms with Gasteiger partial charge in [0.25, 0.3) is 0 Å². The van der Waals surface area contributed by atoms with Crippen molar-refractivity contribution < 1.29 is 27.9 Å². The molecule has 0 bridgehead atoms. The van der Waals surface area contributed by atoms with Crippen LogP contribution in [0.2, 0.25) is 0 Å². The number of aryl methyl sites for hydroxylation is 2. The van der Waals surface area contributed by atoms with E-state index in [4.69, 9.17) is 5.11 Å². The predicted molar refractivity (Wildman–Crippen MR) is 86.7 cm³/mol. The Morgan fingerprint density at radius 3 is 2.58 bits per heavy atom. The lowest BCUT2D eigenvalue weighted by Gasteiger charge is -2.18. The second-order valence-corrected chi connectivity index (χ2v) is 6.37. The second-order valence-electron chi connectivity index (χ2n) is 6.37. The van der Waals surface area contributed by atoms with Gasteiger partial charge in [0.1, 0.15) is 0 Å². The maximum atomic E-state index is 13.0. The van der Waals surface area contributed by atoms with Crippen molar-refractivity contribution in [3.05, 3.63) is 23.9 Å². The molecule has 2 heterocycles. The zero-order valence-electron chi connectivity index (χ0n) is 14.0. The van der Waals surface area contributed by atoms with Crippen LogP contribution in [0.4, 0.5) is 23.7 Å². The van der Waals surface area contributed by atoms with Crippen LogP contribution in [0.1, 0.15) is 5.69 Å². The average molecular weight is 370 g/mol. The molecule has 1 aliphatic heterocycles. The fraction of sp³-hybridized carbons (Fsp3) is 0.438. The highest BCUT2D eigenvalue weighted by molar-refractivity contribution is 5.93. The molecule has 1 fully saturated rings. The molecular formula is C16H17F3N4O3. The Morgan fingerprint density at radius 2 is 2.00 bits per heavy atom. The van der Waals surface area contributed by atoms with Crippen LogP contribution < -0.4 is 5.32 Å². The zero-order valence-corrected chi connectivity index (χ0v) is 14.0. The van der Waals surface area contributed by atoms with E-state index >= 15 is 0 Å². The standard InChI is InChI=1S/C16H17F3N4O3/c1-8-10-4-3-9(5-13(10)22(2)21-8)20-15(26)23-6-11(14(24)25)12(7-23)16(17,18)19/h3-5,11-12H,6-7H2,1-2H3,(H,20,26)(H,24,25)/t11-,12-/m1/s1. The molecule has 1 aliphatic rings. The molecule has 0 saturated carbocycles. The van der Waals surface area contributed by atoms with Gasteiger partial charge in [0, 0.05) is 31.2 Å². The minimum atomic E-state index is -4.68. The number of carboxylic acids is 1. The number of aliphatic carboxylic acids is 1. The molecule has 26 heavy (non-hydrogen) atoms. The summed E-state index contributed by atoms with van der Waals surface area (Å²) in [7, 11) is 1.74. The lowest BCUT2D eigenvalue weighted by atomic mass is 9.96. The van der Waals surface area contributed by atoms with Crippen molar-refractivity contribution in [1.29, 1.82) is 0 Å². The van der Waals surface area contributed by atoms with Crippen molar-refractivity contribution in [3.8, 4) is 0 Å². The molecule has 1 aromatic heterocycles. The number of anilines is 1. The van der Waals surface area contributed by atoms with Gasteiger partial charge in [-0.3, -0.25) is 9.48 Å². The molecule has 140 valence electrons. The third kappa shape index (κ3) is 3.18. The van der Waals surface area contributed by atoms with Crippen LogP contribution >= 0.6 is 0 Å². The highest BCUT2D eigenvalue weighted by atomic mass is 19.4. The number of hydrogen-bond donors (Lipinski definition) is 2. The summed E-state index contributed by atoms with van der Waals surface area (Å²) in [6, 6.07) is 4.29. The van der Waals surface area contributed by atoms with Crippen molar-refractivity contribution in [2.45, 2.75) is 13.1 Å². The van der Waals surface area contributed by atoms with Crippen LogP contribution in [-0.2, 0) is 11.8 Å². The number of likely N-dealkylation sites (tertiary alicyclic amines) is 1. The van der Waals surface area contributed by atoms with E-state index in [1.165, 1.54) is 0 Å². The predicted octanol–water partition coefficient (Wildman–Crippen LogP) is 2.61. The third-order valence-corrected chi connectivity index (χ3v) is 4.63. The molecular weight excluding hydrogens is 353 g/mol. The van der Waals surface area contributed by atoms with Gasteiger partial charge in [-0.1, -0.05) is 0 Å². The van der Waals surface area contributed by atoms with Crippen LogP contribution in [0.25, 0.3) is 10.9 Å². The summed E-state index contributed by atoms with van der Waals surface area (Å²) >= 11 is 0. The zero-order chi connectivity index (χ0) is 19.2. The number of carboxylic acid groups (broad SMARTS) is 1. The normalized spacial score (nSPS) is 20.6. The Bertz CT molecular complexity index is 877. The minimum absolute atomic E-state index is 0.396. The first kappa shape index (κ1) is 18.0. The fourth-order valence-electron chi connectivity index (χ4n) is 3.27. The molecule has 0 radical (unpaired) electrons. The maximum Gasteiger partial charge on any atom is 0.394 e. The van der Waals surface area contributed by atoms with Gasteiger partial charge in [0.05, 0.1) is 23.0 Å². The van der Waals surface area contributed by atoms with E-state index in [2.05, 4.69) is 10.4 Å². The Labute approximate surface area is 146 Å². The first-order chi connectivity index (χ1) is 12.1. The number of rotatable bonds is 2. The van der Waals surface area contributed by atoms with Crippen molar-refractivity contribution in [2.24, 2.45) is 18.9 Å². The molecule has 2 aromatic rings. The van der Waals surface area contributed by atoms with Crippen molar-refractivity contribution in [3.63, 3.8) is 0 Å². The Balaban J connectivity index is 1.78. The molecule has 0 unspecified atom stereocenters. The topological polar surface area (TPSA) is 87.5 Å². The Morgan fingerprint density at radius 1 is 1.31 bits per heavy atom. The summed E-state index contributed by atoms with van der Waals surface area (Å²) in [6.07, 6.45) is -4.68. The molecule has 2 atom stereocenters. The van der Waals surface area contributed by atoms with Gasteiger partial charge in [0.15, 0.2) is 0 Å². The van der Waals surface area contributed by atoms with E-state index in [0.29, 0.717) is 5.69 Å². The highest BCUT2D eigenvalue weighted by Gasteiger charge is 2.53. The summed E-state index contributed by atoms with van der Waals surface area (Å²) in [5.74, 6) is -5.30. The number of nitrogens with zero attached hydrogens (tertiary/aromatic N) is 3. The summed E-state index contributed by atoms with van der Waals surface area (Å²) in [5.41, 5.74) is 1.98. The van der Waals surface area contributed by atoms with Gasteiger partial charge in [0.2, 0.25) is 0 Å². The van der Waals surface area contributed by atoms with Crippen LogP contribution in [-0.4, -0.2) is 51.1 Å². The lowest BCUT2D eigenvalue weighted by molar-refractivity contribution is -0.187. The fourth-order valence-corrected chi connectivity index (χ4v) is 3.27. The number of benzene rings is 1. The molecule has 2 N–H and O–H groups in total. The smallest absolute Gasteiger partial charge is 0.394 e. The van der Waals surface area contributed by atoms with E-state index in [1.54, 1.807) is 29.9 Å². The first-order valence-corrected chi connectivity index (χ1v) is 7.86. The third-order valence-electron chi connectivity index (χ3n) is 4.63. The number of alkyl halides is 3. The molecule has 3 rings (SSSR count). The molecule has 1 saturated heterocycles. The molecule has 7 nitrogen and oxygen atoms in total. The summed E-state index contributed by atoms with van der Waals surface area (Å²) in [6.45, 7) is 0.673. The lowest BCUT2D eigenvalue weighted by Crippen LogP contribution is -2.35. The van der Waals surface area contributed by atoms with Gasteiger partial charge < -0.3 is 15.3 Å². The van der Waals surface area contributed by atoms with Crippen LogP contribution in [0.15, 0.2) is 18.2 Å². The van der Waals surface area contributed by atoms with Crippen LogP contribution in [0, 0.1) is 18.8 Å². The average Bonchev–Trinajstić information content (AvgIpc) is 3.10. The van der Waals surface area contributed by atoms with E-state index in [-0.39, 0.29) is 0 Å². The van der Waals surface area contributed by atoms with Gasteiger partial charge in [-0.05, 0) is 25.1 Å². The molecule has 0 spiro atoms. The van der Waals surface area contributed by atoms with Gasteiger partial charge in [-0.15, -0.1) is 0 Å². The monoisotopic (exact) mass is 370 g/mol. The number of carbonyl (C=O) groups is 2. The van der Waals surface area contributed by atoms with Crippen LogP contribution in [0.3, 0.4) is 0 Å². The van der Waals surface area contributed by atoms with Crippen molar-refractivity contribution in [1.82, 2.24) is 14.7 Å². The molecule has 0 aliphatic carbocycles. The number of carbonyl (C=O) groups excluding carboxylic acids is 1. The van der Waals surface area contributed by atoms with Crippen molar-refractivity contribution in [2.75, 3.05) is 18.4 Å². The van der Waals surface area contributed by atoms with E-state index in [0.717, 1.165) is 21.5 Å². The number of hydrogen-bond acceptors (Lipinski definition) is 3. The SMILES string of the molecule is Cc1nn(C)c2cc(NC(=O)N3C[C@@H](C(F)(F)F)[C@H](C(=O)O)C3)ccc12. The summed E-state index contributed by atoms with van der Waals surface area (Å²) < 4.78 is 40.7. The summed E-state index contributed by atoms with van der Waals surface area (Å²) in [5, 5.41) is 16.7.